The van der Waals surface area contributed by atoms with E-state index in [1.165, 1.54) is 0 Å². The van der Waals surface area contributed by atoms with E-state index in [9.17, 15) is 9.59 Å². The highest BCUT2D eigenvalue weighted by molar-refractivity contribution is 9.10. The first-order valence-electron chi connectivity index (χ1n) is 8.17. The van der Waals surface area contributed by atoms with Gasteiger partial charge in [0, 0.05) is 23.1 Å². The fourth-order valence-corrected chi connectivity index (χ4v) is 3.12. The van der Waals surface area contributed by atoms with E-state index in [-0.39, 0.29) is 24.2 Å². The van der Waals surface area contributed by atoms with Crippen molar-refractivity contribution in [1.29, 1.82) is 0 Å². The molecule has 0 aromatic heterocycles. The lowest BCUT2D eigenvalue weighted by atomic mass is 10.1. The zero-order valence-electron chi connectivity index (χ0n) is 13.9. The topological polar surface area (TPSA) is 58.6 Å². The number of hydrogen-bond acceptors (Lipinski definition) is 3. The number of benzene rings is 2. The van der Waals surface area contributed by atoms with Crippen molar-refractivity contribution < 1.29 is 14.3 Å². The smallest absolute Gasteiger partial charge is 0.229 e. The number of carbonyl (C=O) groups excluding carboxylic acids is 2. The van der Waals surface area contributed by atoms with Crippen LogP contribution in [0.5, 0.6) is 5.75 Å². The summed E-state index contributed by atoms with van der Waals surface area (Å²) in [5, 5.41) is 2.87. The van der Waals surface area contributed by atoms with Gasteiger partial charge in [-0.25, -0.2) is 0 Å². The predicted octanol–water partition coefficient (Wildman–Crippen LogP) is 3.84. The van der Waals surface area contributed by atoms with E-state index in [0.29, 0.717) is 30.3 Å². The lowest BCUT2D eigenvalue weighted by Gasteiger charge is -2.20. The maximum atomic E-state index is 12.5. The molecule has 130 valence electrons. The molecule has 6 heteroatoms. The molecule has 2 amide bonds. The Labute approximate surface area is 155 Å². The molecule has 0 aliphatic carbocycles. The molecule has 2 aromatic rings. The first-order valence-corrected chi connectivity index (χ1v) is 8.96. The third kappa shape index (κ3) is 4.02. The summed E-state index contributed by atoms with van der Waals surface area (Å²) in [6.45, 7) is 2.77. The number of carbonyl (C=O) groups is 2. The minimum atomic E-state index is -0.383. The Hall–Kier alpha value is -2.34. The molecule has 1 heterocycles. The number of halogens is 1. The van der Waals surface area contributed by atoms with Gasteiger partial charge in [-0.05, 0) is 43.3 Å². The van der Waals surface area contributed by atoms with Crippen LogP contribution in [0, 0.1) is 5.92 Å². The molecule has 5 nitrogen and oxygen atoms in total. The zero-order chi connectivity index (χ0) is 17.8. The minimum Gasteiger partial charge on any atom is -0.492 e. The van der Waals surface area contributed by atoms with Gasteiger partial charge in [-0.1, -0.05) is 28.1 Å². The van der Waals surface area contributed by atoms with E-state index in [0.717, 1.165) is 4.47 Å². The van der Waals surface area contributed by atoms with Gasteiger partial charge >= 0.3 is 0 Å². The predicted molar refractivity (Wildman–Crippen MR) is 101 cm³/mol. The monoisotopic (exact) mass is 402 g/mol. The van der Waals surface area contributed by atoms with E-state index < -0.39 is 0 Å². The lowest BCUT2D eigenvalue weighted by Crippen LogP contribution is -2.28. The highest BCUT2D eigenvalue weighted by Crippen LogP contribution is 2.33. The number of ether oxygens (including phenoxy) is 1. The molecule has 25 heavy (non-hydrogen) atoms. The molecule has 0 saturated carbocycles. The fourth-order valence-electron chi connectivity index (χ4n) is 2.85. The van der Waals surface area contributed by atoms with Crippen molar-refractivity contribution in [3.63, 3.8) is 0 Å². The van der Waals surface area contributed by atoms with Gasteiger partial charge in [0.1, 0.15) is 5.75 Å². The van der Waals surface area contributed by atoms with Gasteiger partial charge < -0.3 is 15.0 Å². The first-order chi connectivity index (χ1) is 12.1. The van der Waals surface area contributed by atoms with Gasteiger partial charge in [-0.3, -0.25) is 9.59 Å². The van der Waals surface area contributed by atoms with Crippen molar-refractivity contribution in [3.8, 4) is 5.75 Å². The number of anilines is 2. The first kappa shape index (κ1) is 17.5. The second kappa shape index (κ2) is 7.70. The summed E-state index contributed by atoms with van der Waals surface area (Å²) >= 11 is 3.36. The van der Waals surface area contributed by atoms with Crippen molar-refractivity contribution in [2.75, 3.05) is 23.4 Å². The number of para-hydroxylation sites is 2. The van der Waals surface area contributed by atoms with Crippen molar-refractivity contribution in [2.24, 2.45) is 5.92 Å². The third-order valence-electron chi connectivity index (χ3n) is 4.06. The molecule has 1 N–H and O–H groups in total. The molecule has 1 aliphatic heterocycles. The molecule has 2 aromatic carbocycles. The number of nitrogens with one attached hydrogen (secondary N) is 1. The molecule has 1 aliphatic rings. The number of nitrogens with zero attached hydrogens (tertiary/aromatic N) is 1. The second-order valence-electron chi connectivity index (χ2n) is 5.80. The molecule has 0 spiro atoms. The Balaban J connectivity index is 1.72. The standard InChI is InChI=1S/C19H19BrN2O3/c1-2-25-17-6-4-3-5-16(17)22-12-13(11-18(22)23)19(24)21-15-9-7-14(20)8-10-15/h3-10,13H,2,11-12H2,1H3,(H,21,24). The van der Waals surface area contributed by atoms with Gasteiger partial charge in [0.25, 0.3) is 0 Å². The summed E-state index contributed by atoms with van der Waals surface area (Å²) in [5.74, 6) is 0.0633. The van der Waals surface area contributed by atoms with E-state index in [1.807, 2.05) is 55.5 Å². The van der Waals surface area contributed by atoms with E-state index >= 15 is 0 Å². The van der Waals surface area contributed by atoms with E-state index in [2.05, 4.69) is 21.2 Å². The van der Waals surface area contributed by atoms with Crippen LogP contribution in [-0.4, -0.2) is 25.0 Å². The average molecular weight is 403 g/mol. The van der Waals surface area contributed by atoms with Crippen LogP contribution < -0.4 is 15.0 Å². The van der Waals surface area contributed by atoms with E-state index in [1.54, 1.807) is 4.90 Å². The van der Waals surface area contributed by atoms with Crippen LogP contribution in [0.3, 0.4) is 0 Å². The number of amides is 2. The normalized spacial score (nSPS) is 16.8. The lowest BCUT2D eigenvalue weighted by molar-refractivity contribution is -0.122. The van der Waals surface area contributed by atoms with Crippen molar-refractivity contribution in [3.05, 3.63) is 53.0 Å². The summed E-state index contributed by atoms with van der Waals surface area (Å²) in [6.07, 6.45) is 0.197. The second-order valence-corrected chi connectivity index (χ2v) is 6.72. The Morgan fingerprint density at radius 3 is 2.68 bits per heavy atom. The Kier molecular flexibility index (Phi) is 5.38. The summed E-state index contributed by atoms with van der Waals surface area (Å²) in [6, 6.07) is 14.8. The molecule has 1 atom stereocenters. The van der Waals surface area contributed by atoms with Gasteiger partial charge in [0.2, 0.25) is 11.8 Å². The fraction of sp³-hybridized carbons (Fsp3) is 0.263. The Morgan fingerprint density at radius 1 is 1.24 bits per heavy atom. The summed E-state index contributed by atoms with van der Waals surface area (Å²) in [7, 11) is 0. The van der Waals surface area contributed by atoms with Crippen LogP contribution in [0.1, 0.15) is 13.3 Å². The van der Waals surface area contributed by atoms with Gasteiger partial charge in [-0.15, -0.1) is 0 Å². The van der Waals surface area contributed by atoms with Crippen LogP contribution in [0.15, 0.2) is 53.0 Å². The summed E-state index contributed by atoms with van der Waals surface area (Å²) in [4.78, 5) is 26.6. The van der Waals surface area contributed by atoms with Crippen LogP contribution in [0.4, 0.5) is 11.4 Å². The SMILES string of the molecule is CCOc1ccccc1N1CC(C(=O)Nc2ccc(Br)cc2)CC1=O. The molecule has 0 bridgehead atoms. The maximum absolute atomic E-state index is 12.5. The van der Waals surface area contributed by atoms with Crippen LogP contribution in [0.2, 0.25) is 0 Å². The van der Waals surface area contributed by atoms with Crippen molar-refractivity contribution >= 4 is 39.1 Å². The van der Waals surface area contributed by atoms with Gasteiger partial charge in [0.15, 0.2) is 0 Å². The maximum Gasteiger partial charge on any atom is 0.229 e. The van der Waals surface area contributed by atoms with Gasteiger partial charge in [0.05, 0.1) is 18.2 Å². The quantitative estimate of drug-likeness (QED) is 0.826. The minimum absolute atomic E-state index is 0.0666. The summed E-state index contributed by atoms with van der Waals surface area (Å²) < 4.78 is 6.55. The van der Waals surface area contributed by atoms with E-state index in [4.69, 9.17) is 4.74 Å². The molecule has 3 rings (SSSR count). The summed E-state index contributed by atoms with van der Waals surface area (Å²) in [5.41, 5.74) is 1.43. The van der Waals surface area contributed by atoms with Crippen molar-refractivity contribution in [2.45, 2.75) is 13.3 Å². The Bertz CT molecular complexity index is 776. The van der Waals surface area contributed by atoms with Crippen LogP contribution in [0.25, 0.3) is 0 Å². The molecule has 0 radical (unpaired) electrons. The molecular formula is C19H19BrN2O3. The number of rotatable bonds is 5. The Morgan fingerprint density at radius 2 is 1.96 bits per heavy atom. The van der Waals surface area contributed by atoms with Crippen LogP contribution in [-0.2, 0) is 9.59 Å². The molecule has 1 unspecified atom stereocenters. The molecule has 1 saturated heterocycles. The van der Waals surface area contributed by atoms with Crippen LogP contribution >= 0.6 is 15.9 Å². The zero-order valence-corrected chi connectivity index (χ0v) is 15.5. The highest BCUT2D eigenvalue weighted by Gasteiger charge is 2.36. The molecular weight excluding hydrogens is 384 g/mol. The molecule has 1 fully saturated rings. The van der Waals surface area contributed by atoms with Gasteiger partial charge in [-0.2, -0.15) is 0 Å². The van der Waals surface area contributed by atoms with Crippen molar-refractivity contribution in [1.82, 2.24) is 0 Å². The highest BCUT2D eigenvalue weighted by atomic mass is 79.9. The number of hydrogen-bond donors (Lipinski definition) is 1. The largest absolute Gasteiger partial charge is 0.492 e. The third-order valence-corrected chi connectivity index (χ3v) is 4.59. The average Bonchev–Trinajstić information content (AvgIpc) is 2.99.